The van der Waals surface area contributed by atoms with Crippen molar-refractivity contribution < 1.29 is 14.3 Å². The summed E-state index contributed by atoms with van der Waals surface area (Å²) in [6, 6.07) is 9.30. The summed E-state index contributed by atoms with van der Waals surface area (Å²) in [6.45, 7) is 5.54. The molecule has 0 spiro atoms. The highest BCUT2D eigenvalue weighted by atomic mass is 16.6. The summed E-state index contributed by atoms with van der Waals surface area (Å²) in [5.74, 6) is -0.238. The highest BCUT2D eigenvalue weighted by molar-refractivity contribution is 5.93. The van der Waals surface area contributed by atoms with Gasteiger partial charge >= 0.3 is 6.09 Å². The number of nitrogens with one attached hydrogen (secondary N) is 1. The average molecular weight is 332 g/mol. The van der Waals surface area contributed by atoms with E-state index in [1.807, 2.05) is 51.1 Å². The van der Waals surface area contributed by atoms with Crippen LogP contribution in [-0.2, 0) is 9.53 Å². The van der Waals surface area contributed by atoms with Crippen LogP contribution in [0, 0.1) is 5.92 Å². The first-order valence-electron chi connectivity index (χ1n) is 8.59. The topological polar surface area (TPSA) is 58.6 Å². The molecule has 1 fully saturated rings. The van der Waals surface area contributed by atoms with E-state index in [1.54, 1.807) is 11.9 Å². The first-order chi connectivity index (χ1) is 11.3. The van der Waals surface area contributed by atoms with E-state index in [-0.39, 0.29) is 24.0 Å². The summed E-state index contributed by atoms with van der Waals surface area (Å²) in [5.41, 5.74) is 0.244. The average Bonchev–Trinajstić information content (AvgIpc) is 2.53. The third kappa shape index (κ3) is 4.98. The molecule has 132 valence electrons. The molecule has 2 amide bonds. The number of amides is 2. The summed E-state index contributed by atoms with van der Waals surface area (Å²) in [5, 5.41) is 2.97. The highest BCUT2D eigenvalue weighted by Crippen LogP contribution is 2.30. The van der Waals surface area contributed by atoms with Crippen LogP contribution in [0.3, 0.4) is 0 Å². The molecule has 2 unspecified atom stereocenters. The van der Waals surface area contributed by atoms with Gasteiger partial charge in [0.2, 0.25) is 5.91 Å². The fraction of sp³-hybridized carbons (Fsp3) is 0.579. The summed E-state index contributed by atoms with van der Waals surface area (Å²) >= 11 is 0. The molecule has 1 aromatic carbocycles. The molecule has 1 aliphatic carbocycles. The van der Waals surface area contributed by atoms with Crippen molar-refractivity contribution in [3.8, 4) is 0 Å². The van der Waals surface area contributed by atoms with Gasteiger partial charge < -0.3 is 15.0 Å². The molecular formula is C19H28N2O3. The Bertz CT molecular complexity index is 566. The Morgan fingerprint density at radius 2 is 1.75 bits per heavy atom. The largest absolute Gasteiger partial charge is 0.444 e. The first kappa shape index (κ1) is 18.3. The van der Waals surface area contributed by atoms with E-state index in [4.69, 9.17) is 4.74 Å². The number of nitrogens with zero attached hydrogens (tertiary/aromatic N) is 1. The van der Waals surface area contributed by atoms with Crippen LogP contribution in [-0.4, -0.2) is 35.6 Å². The predicted octanol–water partition coefficient (Wildman–Crippen LogP) is 4.05. The van der Waals surface area contributed by atoms with Crippen LogP contribution in [0.25, 0.3) is 0 Å². The van der Waals surface area contributed by atoms with Crippen molar-refractivity contribution in [2.75, 3.05) is 12.4 Å². The zero-order valence-electron chi connectivity index (χ0n) is 15.0. The number of para-hydroxylation sites is 1. The van der Waals surface area contributed by atoms with Crippen LogP contribution >= 0.6 is 0 Å². The Labute approximate surface area is 144 Å². The van der Waals surface area contributed by atoms with Crippen molar-refractivity contribution in [2.45, 2.75) is 58.1 Å². The first-order valence-corrected chi connectivity index (χ1v) is 8.59. The fourth-order valence-corrected chi connectivity index (χ4v) is 3.11. The molecule has 0 bridgehead atoms. The lowest BCUT2D eigenvalue weighted by Gasteiger charge is -2.37. The molecule has 5 heteroatoms. The van der Waals surface area contributed by atoms with E-state index in [9.17, 15) is 9.59 Å². The lowest BCUT2D eigenvalue weighted by molar-refractivity contribution is -0.122. The molecule has 1 N–H and O–H groups in total. The van der Waals surface area contributed by atoms with Crippen LogP contribution in [0.1, 0.15) is 46.5 Å². The quantitative estimate of drug-likeness (QED) is 0.908. The summed E-state index contributed by atoms with van der Waals surface area (Å²) in [6.07, 6.45) is 3.27. The number of anilines is 1. The van der Waals surface area contributed by atoms with Crippen molar-refractivity contribution in [1.29, 1.82) is 0 Å². The summed E-state index contributed by atoms with van der Waals surface area (Å²) in [4.78, 5) is 26.7. The van der Waals surface area contributed by atoms with Gasteiger partial charge in [-0.15, -0.1) is 0 Å². The molecule has 1 aromatic rings. The van der Waals surface area contributed by atoms with Crippen molar-refractivity contribution >= 4 is 17.7 Å². The smallest absolute Gasteiger partial charge is 0.410 e. The third-order valence-electron chi connectivity index (χ3n) is 4.29. The molecule has 0 aliphatic heterocycles. The van der Waals surface area contributed by atoms with E-state index in [1.165, 1.54) is 0 Å². The van der Waals surface area contributed by atoms with E-state index in [0.29, 0.717) is 0 Å². The molecule has 0 radical (unpaired) electrons. The van der Waals surface area contributed by atoms with E-state index in [0.717, 1.165) is 31.4 Å². The van der Waals surface area contributed by atoms with Gasteiger partial charge in [0.25, 0.3) is 0 Å². The van der Waals surface area contributed by atoms with Crippen molar-refractivity contribution in [3.05, 3.63) is 30.3 Å². The van der Waals surface area contributed by atoms with Gasteiger partial charge in [0, 0.05) is 18.8 Å². The molecule has 1 aliphatic rings. The van der Waals surface area contributed by atoms with Crippen LogP contribution in [0.4, 0.5) is 10.5 Å². The molecule has 0 aromatic heterocycles. The Balaban J connectivity index is 2.06. The second-order valence-electron chi connectivity index (χ2n) is 7.40. The Kier molecular flexibility index (Phi) is 5.86. The third-order valence-corrected chi connectivity index (χ3v) is 4.29. The zero-order chi connectivity index (χ0) is 17.7. The van der Waals surface area contributed by atoms with Crippen LogP contribution in [0.2, 0.25) is 0 Å². The minimum absolute atomic E-state index is 0.0266. The summed E-state index contributed by atoms with van der Waals surface area (Å²) < 4.78 is 5.45. The van der Waals surface area contributed by atoms with Crippen molar-refractivity contribution in [1.82, 2.24) is 4.90 Å². The maximum Gasteiger partial charge on any atom is 0.410 e. The molecule has 0 heterocycles. The second-order valence-corrected chi connectivity index (χ2v) is 7.40. The maximum atomic E-state index is 12.7. The van der Waals surface area contributed by atoms with Crippen LogP contribution < -0.4 is 5.32 Å². The van der Waals surface area contributed by atoms with E-state index >= 15 is 0 Å². The van der Waals surface area contributed by atoms with Gasteiger partial charge in [0.15, 0.2) is 0 Å². The number of rotatable bonds is 3. The number of hydrogen-bond donors (Lipinski definition) is 1. The van der Waals surface area contributed by atoms with Gasteiger partial charge in [0.1, 0.15) is 5.60 Å². The minimum Gasteiger partial charge on any atom is -0.444 e. The SMILES string of the molecule is CN(C(=O)OC(C)(C)C)C1CCCCC1C(=O)Nc1ccccc1. The van der Waals surface area contributed by atoms with Gasteiger partial charge in [-0.25, -0.2) is 4.79 Å². The van der Waals surface area contributed by atoms with Gasteiger partial charge in [-0.2, -0.15) is 0 Å². The lowest BCUT2D eigenvalue weighted by Crippen LogP contribution is -2.49. The van der Waals surface area contributed by atoms with Crippen LogP contribution in [0.15, 0.2) is 30.3 Å². The normalized spacial score (nSPS) is 21.0. The van der Waals surface area contributed by atoms with Gasteiger partial charge in [-0.3, -0.25) is 4.79 Å². The molecule has 24 heavy (non-hydrogen) atoms. The number of carbonyl (C=O) groups excluding carboxylic acids is 2. The highest BCUT2D eigenvalue weighted by Gasteiger charge is 2.36. The molecular weight excluding hydrogens is 304 g/mol. The Hall–Kier alpha value is -2.04. The number of carbonyl (C=O) groups is 2. The van der Waals surface area contributed by atoms with Gasteiger partial charge in [-0.05, 0) is 45.7 Å². The van der Waals surface area contributed by atoms with E-state index < -0.39 is 5.60 Å². The standard InChI is InChI=1S/C19H28N2O3/c1-19(2,3)24-18(23)21(4)16-13-9-8-12-15(16)17(22)20-14-10-6-5-7-11-14/h5-7,10-11,15-16H,8-9,12-13H2,1-4H3,(H,20,22). The predicted molar refractivity (Wildman–Crippen MR) is 94.8 cm³/mol. The molecule has 5 nitrogen and oxygen atoms in total. The van der Waals surface area contributed by atoms with Crippen molar-refractivity contribution in [3.63, 3.8) is 0 Å². The molecule has 0 saturated heterocycles. The zero-order valence-corrected chi connectivity index (χ0v) is 15.0. The number of benzene rings is 1. The van der Waals surface area contributed by atoms with Gasteiger partial charge in [0.05, 0.1) is 5.92 Å². The fourth-order valence-electron chi connectivity index (χ4n) is 3.11. The second kappa shape index (κ2) is 7.69. The molecule has 1 saturated carbocycles. The molecule has 2 atom stereocenters. The minimum atomic E-state index is -0.540. The number of ether oxygens (including phenoxy) is 1. The van der Waals surface area contributed by atoms with Crippen LogP contribution in [0.5, 0.6) is 0 Å². The van der Waals surface area contributed by atoms with Crippen molar-refractivity contribution in [2.24, 2.45) is 5.92 Å². The maximum absolute atomic E-state index is 12.7. The monoisotopic (exact) mass is 332 g/mol. The van der Waals surface area contributed by atoms with Gasteiger partial charge in [-0.1, -0.05) is 31.0 Å². The number of hydrogen-bond acceptors (Lipinski definition) is 3. The Morgan fingerprint density at radius 1 is 1.12 bits per heavy atom. The van der Waals surface area contributed by atoms with E-state index in [2.05, 4.69) is 5.32 Å². The molecule has 2 rings (SSSR count). The summed E-state index contributed by atoms with van der Waals surface area (Å²) in [7, 11) is 1.73. The Morgan fingerprint density at radius 3 is 2.38 bits per heavy atom. The lowest BCUT2D eigenvalue weighted by atomic mass is 9.83.